The Bertz CT molecular complexity index is 93.6. The van der Waals surface area contributed by atoms with Crippen molar-refractivity contribution in [2.24, 2.45) is 5.92 Å². The van der Waals surface area contributed by atoms with E-state index < -0.39 is 0 Å². The molecule has 2 heteroatoms. The highest BCUT2D eigenvalue weighted by molar-refractivity contribution is 4.68. The van der Waals surface area contributed by atoms with Gasteiger partial charge >= 0.3 is 0 Å². The second kappa shape index (κ2) is 7.76. The normalized spacial score (nSPS) is 12.9. The predicted molar refractivity (Wildman–Crippen MR) is 48.6 cm³/mol. The van der Waals surface area contributed by atoms with Gasteiger partial charge in [-0.25, -0.2) is 0 Å². The molecule has 0 aliphatic rings. The molecule has 0 aromatic rings. The quantitative estimate of drug-likeness (QED) is 0.429. The zero-order chi connectivity index (χ0) is 8.53. The first-order valence-corrected chi connectivity index (χ1v) is 4.23. The maximum atomic E-state index is 8.60. The molecule has 11 heavy (non-hydrogen) atoms. The summed E-state index contributed by atoms with van der Waals surface area (Å²) in [5.41, 5.74) is 0. The van der Waals surface area contributed by atoms with E-state index in [1.165, 1.54) is 0 Å². The summed E-state index contributed by atoms with van der Waals surface area (Å²) in [7, 11) is 0. The summed E-state index contributed by atoms with van der Waals surface area (Å²) >= 11 is 0. The molecule has 0 aliphatic heterocycles. The Morgan fingerprint density at radius 3 is 2.91 bits per heavy atom. The van der Waals surface area contributed by atoms with Crippen molar-refractivity contribution >= 4 is 0 Å². The van der Waals surface area contributed by atoms with E-state index in [1.54, 1.807) is 0 Å². The maximum Gasteiger partial charge on any atom is 0.0434 e. The molecule has 2 N–H and O–H groups in total. The Kier molecular flexibility index (Phi) is 7.52. The SMILES string of the molecule is C=CCCNCC(C)CCO. The fraction of sp³-hybridized carbons (Fsp3) is 0.778. The van der Waals surface area contributed by atoms with Crippen molar-refractivity contribution in [3.8, 4) is 0 Å². The van der Waals surface area contributed by atoms with Crippen molar-refractivity contribution in [1.29, 1.82) is 0 Å². The summed E-state index contributed by atoms with van der Waals surface area (Å²) in [6.45, 7) is 8.06. The molecule has 1 unspecified atom stereocenters. The lowest BCUT2D eigenvalue weighted by molar-refractivity contribution is 0.260. The van der Waals surface area contributed by atoms with Gasteiger partial charge in [0, 0.05) is 6.61 Å². The van der Waals surface area contributed by atoms with Crippen LogP contribution in [0.1, 0.15) is 19.8 Å². The molecule has 0 bridgehead atoms. The van der Waals surface area contributed by atoms with E-state index in [9.17, 15) is 0 Å². The van der Waals surface area contributed by atoms with Crippen LogP contribution in [-0.2, 0) is 0 Å². The van der Waals surface area contributed by atoms with E-state index in [-0.39, 0.29) is 0 Å². The molecule has 0 amide bonds. The molecule has 0 radical (unpaired) electrons. The van der Waals surface area contributed by atoms with E-state index in [4.69, 9.17) is 5.11 Å². The highest BCUT2D eigenvalue weighted by Gasteiger charge is 1.98. The van der Waals surface area contributed by atoms with E-state index in [1.807, 2.05) is 6.08 Å². The zero-order valence-electron chi connectivity index (χ0n) is 7.34. The predicted octanol–water partition coefficient (Wildman–Crippen LogP) is 1.17. The molecule has 0 aromatic carbocycles. The van der Waals surface area contributed by atoms with Crippen molar-refractivity contribution in [1.82, 2.24) is 5.32 Å². The van der Waals surface area contributed by atoms with Gasteiger partial charge in [-0.1, -0.05) is 13.0 Å². The van der Waals surface area contributed by atoms with Crippen LogP contribution in [-0.4, -0.2) is 24.8 Å². The monoisotopic (exact) mass is 157 g/mol. The second-order valence-corrected chi connectivity index (χ2v) is 2.90. The van der Waals surface area contributed by atoms with Crippen LogP contribution >= 0.6 is 0 Å². The third-order valence-electron chi connectivity index (χ3n) is 1.64. The highest BCUT2D eigenvalue weighted by Crippen LogP contribution is 1.97. The number of nitrogens with one attached hydrogen (secondary N) is 1. The first-order chi connectivity index (χ1) is 5.31. The van der Waals surface area contributed by atoms with Crippen LogP contribution in [0.4, 0.5) is 0 Å². The molecule has 0 heterocycles. The van der Waals surface area contributed by atoms with Crippen molar-refractivity contribution in [2.45, 2.75) is 19.8 Å². The summed E-state index contributed by atoms with van der Waals surface area (Å²) < 4.78 is 0. The lowest BCUT2D eigenvalue weighted by Gasteiger charge is -2.09. The van der Waals surface area contributed by atoms with Crippen LogP contribution in [0.15, 0.2) is 12.7 Å². The van der Waals surface area contributed by atoms with Crippen molar-refractivity contribution < 1.29 is 5.11 Å². The maximum absolute atomic E-state index is 8.60. The number of hydrogen-bond acceptors (Lipinski definition) is 2. The molecule has 1 atom stereocenters. The standard InChI is InChI=1S/C9H19NO/c1-3-4-6-10-8-9(2)5-7-11/h3,9-11H,1,4-8H2,2H3. The average Bonchev–Trinajstić information content (AvgIpc) is 1.99. The van der Waals surface area contributed by atoms with Gasteiger partial charge in [0.15, 0.2) is 0 Å². The summed E-state index contributed by atoms with van der Waals surface area (Å²) in [6.07, 6.45) is 3.82. The smallest absolute Gasteiger partial charge is 0.0434 e. The van der Waals surface area contributed by atoms with Crippen LogP contribution in [0.2, 0.25) is 0 Å². The number of aliphatic hydroxyl groups is 1. The molecule has 66 valence electrons. The fourth-order valence-electron chi connectivity index (χ4n) is 0.875. The zero-order valence-corrected chi connectivity index (χ0v) is 7.34. The number of rotatable bonds is 7. The topological polar surface area (TPSA) is 32.3 Å². The molecular weight excluding hydrogens is 138 g/mol. The second-order valence-electron chi connectivity index (χ2n) is 2.90. The third kappa shape index (κ3) is 7.56. The van der Waals surface area contributed by atoms with Crippen molar-refractivity contribution in [3.05, 3.63) is 12.7 Å². The summed E-state index contributed by atoms with van der Waals surface area (Å²) in [5, 5.41) is 11.9. The first-order valence-electron chi connectivity index (χ1n) is 4.23. The minimum Gasteiger partial charge on any atom is -0.396 e. The van der Waals surface area contributed by atoms with E-state index in [0.29, 0.717) is 12.5 Å². The Morgan fingerprint density at radius 1 is 1.64 bits per heavy atom. The molecule has 0 fully saturated rings. The van der Waals surface area contributed by atoms with Crippen molar-refractivity contribution in [2.75, 3.05) is 19.7 Å². The van der Waals surface area contributed by atoms with Gasteiger partial charge in [-0.15, -0.1) is 6.58 Å². The van der Waals surface area contributed by atoms with Gasteiger partial charge in [0.25, 0.3) is 0 Å². The highest BCUT2D eigenvalue weighted by atomic mass is 16.3. The van der Waals surface area contributed by atoms with Gasteiger partial charge < -0.3 is 10.4 Å². The van der Waals surface area contributed by atoms with Crippen molar-refractivity contribution in [3.63, 3.8) is 0 Å². The number of aliphatic hydroxyl groups excluding tert-OH is 1. The molecule has 0 aromatic heterocycles. The van der Waals surface area contributed by atoms with Crippen LogP contribution in [0.3, 0.4) is 0 Å². The van der Waals surface area contributed by atoms with Gasteiger partial charge in [-0.3, -0.25) is 0 Å². The summed E-state index contributed by atoms with van der Waals surface area (Å²) in [5.74, 6) is 0.574. The van der Waals surface area contributed by atoms with Gasteiger partial charge in [-0.05, 0) is 31.8 Å². The van der Waals surface area contributed by atoms with E-state index >= 15 is 0 Å². The average molecular weight is 157 g/mol. The van der Waals surface area contributed by atoms with E-state index in [2.05, 4.69) is 18.8 Å². The largest absolute Gasteiger partial charge is 0.396 e. The van der Waals surface area contributed by atoms with Crippen LogP contribution in [0.25, 0.3) is 0 Å². The van der Waals surface area contributed by atoms with Gasteiger partial charge in [0.2, 0.25) is 0 Å². The molecule has 0 rings (SSSR count). The Hall–Kier alpha value is -0.340. The third-order valence-corrected chi connectivity index (χ3v) is 1.64. The van der Waals surface area contributed by atoms with Gasteiger partial charge in [0.1, 0.15) is 0 Å². The van der Waals surface area contributed by atoms with Gasteiger partial charge in [0.05, 0.1) is 0 Å². The molecule has 0 spiro atoms. The van der Waals surface area contributed by atoms with Crippen LogP contribution in [0.5, 0.6) is 0 Å². The summed E-state index contributed by atoms with van der Waals surface area (Å²) in [4.78, 5) is 0. The first kappa shape index (κ1) is 10.7. The van der Waals surface area contributed by atoms with E-state index in [0.717, 1.165) is 25.9 Å². The molecular formula is C9H19NO. The molecule has 0 aliphatic carbocycles. The minimum absolute atomic E-state index is 0.296. The lowest BCUT2D eigenvalue weighted by atomic mass is 10.1. The van der Waals surface area contributed by atoms with Crippen LogP contribution < -0.4 is 5.32 Å². The Morgan fingerprint density at radius 2 is 2.36 bits per heavy atom. The minimum atomic E-state index is 0.296. The summed E-state index contributed by atoms with van der Waals surface area (Å²) in [6, 6.07) is 0. The lowest BCUT2D eigenvalue weighted by Crippen LogP contribution is -2.22. The molecule has 2 nitrogen and oxygen atoms in total. The Labute approximate surface area is 69.3 Å². The molecule has 0 saturated heterocycles. The Balaban J connectivity index is 3.03. The molecule has 0 saturated carbocycles. The fourth-order valence-corrected chi connectivity index (χ4v) is 0.875. The van der Waals surface area contributed by atoms with Gasteiger partial charge in [-0.2, -0.15) is 0 Å². The van der Waals surface area contributed by atoms with Crippen LogP contribution in [0, 0.1) is 5.92 Å². The number of hydrogen-bond donors (Lipinski definition) is 2.